The zero-order valence-electron chi connectivity index (χ0n) is 19.8. The molecular weight excluding hydrogens is 432 g/mol. The first-order valence-corrected chi connectivity index (χ1v) is 11.1. The summed E-state index contributed by atoms with van der Waals surface area (Å²) >= 11 is 0. The van der Waals surface area contributed by atoms with Gasteiger partial charge < -0.3 is 14.8 Å². The van der Waals surface area contributed by atoms with Crippen LogP contribution < -0.4 is 15.6 Å². The van der Waals surface area contributed by atoms with E-state index in [0.717, 1.165) is 16.7 Å². The number of hydrogen-bond donors (Lipinski definition) is 1. The minimum Gasteiger partial charge on any atom is -0.438 e. The van der Waals surface area contributed by atoms with Crippen LogP contribution in [0.5, 0.6) is 11.6 Å². The molecule has 0 aliphatic heterocycles. The van der Waals surface area contributed by atoms with E-state index in [1.807, 2.05) is 52.0 Å². The molecule has 34 heavy (non-hydrogen) atoms. The molecule has 0 spiro atoms. The van der Waals surface area contributed by atoms with Crippen molar-refractivity contribution in [3.63, 3.8) is 0 Å². The summed E-state index contributed by atoms with van der Waals surface area (Å²) in [6, 6.07) is 11.1. The number of nitrogens with one attached hydrogen (secondary N) is 1. The molecule has 0 aliphatic carbocycles. The molecule has 0 aliphatic rings. The van der Waals surface area contributed by atoms with Crippen molar-refractivity contribution in [2.24, 2.45) is 0 Å². The Hall–Kier alpha value is -3.96. The predicted molar refractivity (Wildman–Crippen MR) is 130 cm³/mol. The molecule has 1 aromatic carbocycles. The fourth-order valence-electron chi connectivity index (χ4n) is 3.42. The minimum absolute atomic E-state index is 0.0177. The van der Waals surface area contributed by atoms with Crippen LogP contribution in [0.2, 0.25) is 0 Å². The summed E-state index contributed by atoms with van der Waals surface area (Å²) in [5.74, 6) is -0.0164. The van der Waals surface area contributed by atoms with Gasteiger partial charge in [-0.15, -0.1) is 0 Å². The van der Waals surface area contributed by atoms with Crippen LogP contribution in [0.15, 0.2) is 46.9 Å². The average molecular weight is 461 g/mol. The summed E-state index contributed by atoms with van der Waals surface area (Å²) in [7, 11) is 0. The highest BCUT2D eigenvalue weighted by molar-refractivity contribution is 6.01. The lowest BCUT2D eigenvalue weighted by Gasteiger charge is -2.13. The Morgan fingerprint density at radius 2 is 2.03 bits per heavy atom. The Kier molecular flexibility index (Phi) is 8.17. The van der Waals surface area contributed by atoms with E-state index in [0.29, 0.717) is 37.6 Å². The number of amides is 1. The number of hydrogen-bond acceptors (Lipinski definition) is 6. The minimum atomic E-state index is -0.579. The number of carbonyl (C=O) groups excluding carboxylic acids is 1. The van der Waals surface area contributed by atoms with Crippen molar-refractivity contribution in [2.75, 3.05) is 19.8 Å². The van der Waals surface area contributed by atoms with Gasteiger partial charge in [0, 0.05) is 26.0 Å². The number of rotatable bonds is 9. The number of fused-ring (bicyclic) bond motifs is 1. The van der Waals surface area contributed by atoms with E-state index in [4.69, 9.17) is 9.47 Å². The number of aryl methyl sites for hydroxylation is 3. The molecular formula is C26H28N4O4. The number of carbonyl (C=O) groups is 1. The molecule has 0 unspecified atom stereocenters. The third kappa shape index (κ3) is 5.69. The van der Waals surface area contributed by atoms with Crippen molar-refractivity contribution >= 4 is 17.6 Å². The van der Waals surface area contributed by atoms with Gasteiger partial charge in [-0.3, -0.25) is 14.0 Å². The molecule has 8 heteroatoms. The summed E-state index contributed by atoms with van der Waals surface area (Å²) in [4.78, 5) is 30.5. The molecule has 0 bridgehead atoms. The Morgan fingerprint density at radius 3 is 2.74 bits per heavy atom. The van der Waals surface area contributed by atoms with Crippen LogP contribution in [0.25, 0.3) is 11.7 Å². The SMILES string of the molecule is CCOCCCNC(=O)/C(C#N)=C/c1c(Oc2ccc(C)cc2C)nc2c(C)cccn2c1=O. The molecule has 2 heterocycles. The van der Waals surface area contributed by atoms with Gasteiger partial charge in [0.15, 0.2) is 0 Å². The van der Waals surface area contributed by atoms with Gasteiger partial charge in [0.1, 0.15) is 28.6 Å². The number of benzene rings is 1. The number of aromatic nitrogens is 2. The maximum absolute atomic E-state index is 13.4. The molecule has 176 valence electrons. The van der Waals surface area contributed by atoms with E-state index in [9.17, 15) is 14.9 Å². The largest absolute Gasteiger partial charge is 0.438 e. The summed E-state index contributed by atoms with van der Waals surface area (Å²) in [5.41, 5.74) is 2.52. The molecule has 0 radical (unpaired) electrons. The summed E-state index contributed by atoms with van der Waals surface area (Å²) in [6.07, 6.45) is 3.44. The van der Waals surface area contributed by atoms with Gasteiger partial charge in [-0.1, -0.05) is 23.8 Å². The highest BCUT2D eigenvalue weighted by atomic mass is 16.5. The van der Waals surface area contributed by atoms with Gasteiger partial charge in [0.2, 0.25) is 5.88 Å². The van der Waals surface area contributed by atoms with Crippen molar-refractivity contribution in [1.29, 1.82) is 5.26 Å². The van der Waals surface area contributed by atoms with Gasteiger partial charge in [0.25, 0.3) is 11.5 Å². The van der Waals surface area contributed by atoms with Gasteiger partial charge >= 0.3 is 0 Å². The van der Waals surface area contributed by atoms with Crippen molar-refractivity contribution in [3.8, 4) is 17.7 Å². The monoisotopic (exact) mass is 460 g/mol. The fourth-order valence-corrected chi connectivity index (χ4v) is 3.42. The van der Waals surface area contributed by atoms with Gasteiger partial charge in [-0.25, -0.2) is 0 Å². The van der Waals surface area contributed by atoms with Crippen molar-refractivity contribution in [3.05, 3.63) is 74.7 Å². The second-order valence-corrected chi connectivity index (χ2v) is 7.87. The third-order valence-corrected chi connectivity index (χ3v) is 5.20. The highest BCUT2D eigenvalue weighted by Gasteiger charge is 2.18. The van der Waals surface area contributed by atoms with E-state index in [1.165, 1.54) is 10.5 Å². The van der Waals surface area contributed by atoms with E-state index in [2.05, 4.69) is 10.3 Å². The number of pyridine rings is 1. The van der Waals surface area contributed by atoms with Crippen LogP contribution in [-0.2, 0) is 9.53 Å². The normalized spacial score (nSPS) is 11.3. The Morgan fingerprint density at radius 1 is 1.24 bits per heavy atom. The summed E-state index contributed by atoms with van der Waals surface area (Å²) in [5, 5.41) is 12.3. The first-order valence-electron chi connectivity index (χ1n) is 11.1. The summed E-state index contributed by atoms with van der Waals surface area (Å²) in [6.45, 7) is 9.05. The molecule has 0 fully saturated rings. The predicted octanol–water partition coefficient (Wildman–Crippen LogP) is 3.86. The van der Waals surface area contributed by atoms with Crippen LogP contribution in [0.4, 0.5) is 0 Å². The third-order valence-electron chi connectivity index (χ3n) is 5.20. The van der Waals surface area contributed by atoms with Crippen LogP contribution in [0, 0.1) is 32.1 Å². The van der Waals surface area contributed by atoms with E-state index in [-0.39, 0.29) is 17.0 Å². The lowest BCUT2D eigenvalue weighted by Crippen LogP contribution is -2.27. The lowest BCUT2D eigenvalue weighted by molar-refractivity contribution is -0.117. The van der Waals surface area contributed by atoms with Crippen LogP contribution in [-0.4, -0.2) is 35.1 Å². The van der Waals surface area contributed by atoms with Gasteiger partial charge in [-0.05, 0) is 63.5 Å². The zero-order valence-corrected chi connectivity index (χ0v) is 19.8. The fraction of sp³-hybridized carbons (Fsp3) is 0.308. The maximum Gasteiger partial charge on any atom is 0.269 e. The molecule has 0 saturated carbocycles. The first-order chi connectivity index (χ1) is 16.3. The van der Waals surface area contributed by atoms with E-state index >= 15 is 0 Å². The van der Waals surface area contributed by atoms with Gasteiger partial charge in [-0.2, -0.15) is 10.2 Å². The Balaban J connectivity index is 2.06. The molecule has 1 N–H and O–H groups in total. The maximum atomic E-state index is 13.4. The zero-order chi connectivity index (χ0) is 24.7. The van der Waals surface area contributed by atoms with Crippen LogP contribution in [0.1, 0.15) is 35.6 Å². The number of nitrogens with zero attached hydrogens (tertiary/aromatic N) is 3. The van der Waals surface area contributed by atoms with Crippen molar-refractivity contribution in [2.45, 2.75) is 34.1 Å². The lowest BCUT2D eigenvalue weighted by atomic mass is 10.1. The van der Waals surface area contributed by atoms with Crippen LogP contribution in [0.3, 0.4) is 0 Å². The van der Waals surface area contributed by atoms with Crippen molar-refractivity contribution < 1.29 is 14.3 Å². The Labute approximate surface area is 198 Å². The first kappa shape index (κ1) is 24.7. The molecule has 0 saturated heterocycles. The second-order valence-electron chi connectivity index (χ2n) is 7.87. The van der Waals surface area contributed by atoms with E-state index in [1.54, 1.807) is 18.3 Å². The molecule has 2 aromatic heterocycles. The quantitative estimate of drug-likeness (QED) is 0.295. The number of ether oxygens (including phenoxy) is 2. The topological polar surface area (TPSA) is 106 Å². The van der Waals surface area contributed by atoms with Gasteiger partial charge in [0.05, 0.1) is 0 Å². The summed E-state index contributed by atoms with van der Waals surface area (Å²) < 4.78 is 12.7. The smallest absolute Gasteiger partial charge is 0.269 e. The Bertz CT molecular complexity index is 1340. The molecule has 8 nitrogen and oxygen atoms in total. The average Bonchev–Trinajstić information content (AvgIpc) is 2.81. The molecule has 1 amide bonds. The van der Waals surface area contributed by atoms with Crippen molar-refractivity contribution in [1.82, 2.24) is 14.7 Å². The molecule has 3 rings (SSSR count). The highest BCUT2D eigenvalue weighted by Crippen LogP contribution is 2.27. The number of nitriles is 1. The molecule has 0 atom stereocenters. The standard InChI is InChI=1S/C26H28N4O4/c1-5-33-13-7-11-28-24(31)20(16-27)15-21-25(34-22-10-9-17(2)14-19(22)4)29-23-18(3)8-6-12-30(23)26(21)32/h6,8-10,12,14-15H,5,7,11,13H2,1-4H3,(H,28,31)/b20-15+. The van der Waals surface area contributed by atoms with E-state index < -0.39 is 11.5 Å². The van der Waals surface area contributed by atoms with Crippen LogP contribution >= 0.6 is 0 Å². The second kappa shape index (κ2) is 11.3. The molecule has 3 aromatic rings.